The average molecular weight is 279 g/mol. The molecule has 4 nitrogen and oxygen atoms in total. The quantitative estimate of drug-likeness (QED) is 0.592. The largest absolute Gasteiger partial charge is 0.357 e. The van der Waals surface area contributed by atoms with Crippen LogP contribution in [0.15, 0.2) is 17.2 Å². The first-order valence-corrected chi connectivity index (χ1v) is 7.80. The van der Waals surface area contributed by atoms with Crippen molar-refractivity contribution in [1.82, 2.24) is 4.98 Å². The average Bonchev–Trinajstić information content (AvgIpc) is 2.98. The van der Waals surface area contributed by atoms with E-state index in [0.29, 0.717) is 0 Å². The van der Waals surface area contributed by atoms with Crippen LogP contribution in [0.5, 0.6) is 0 Å². The van der Waals surface area contributed by atoms with E-state index in [1.165, 1.54) is 12.8 Å². The lowest BCUT2D eigenvalue weighted by molar-refractivity contribution is -0.107. The Labute approximate surface area is 119 Å². The molecule has 2 heterocycles. The fourth-order valence-corrected chi connectivity index (χ4v) is 3.10. The summed E-state index contributed by atoms with van der Waals surface area (Å²) in [6.07, 6.45) is 6.34. The summed E-state index contributed by atoms with van der Waals surface area (Å²) in [4.78, 5) is 20.6. The molecule has 1 aromatic heterocycles. The van der Waals surface area contributed by atoms with Crippen LogP contribution in [0.2, 0.25) is 0 Å². The van der Waals surface area contributed by atoms with Crippen molar-refractivity contribution in [3.8, 4) is 0 Å². The molecule has 0 aliphatic carbocycles. The Morgan fingerprint density at radius 3 is 2.84 bits per heavy atom. The molecule has 104 valence electrons. The number of amides is 1. The third-order valence-corrected chi connectivity index (χ3v) is 4.50. The molecule has 1 aliphatic heterocycles. The number of carbonyl (C=O) groups is 1. The molecule has 0 spiro atoms. The Morgan fingerprint density at radius 2 is 2.21 bits per heavy atom. The molecule has 1 aliphatic rings. The SMILES string of the molecule is CCCSc1cnc(N2CCCC2)cc1N(C)C=O. The number of hydrogen-bond donors (Lipinski definition) is 0. The summed E-state index contributed by atoms with van der Waals surface area (Å²) in [5.41, 5.74) is 0.963. The molecule has 1 fully saturated rings. The second-order valence-electron chi connectivity index (χ2n) is 4.77. The number of rotatable bonds is 6. The van der Waals surface area contributed by atoms with Crippen molar-refractivity contribution in [2.45, 2.75) is 31.1 Å². The monoisotopic (exact) mass is 279 g/mol. The Morgan fingerprint density at radius 1 is 1.47 bits per heavy atom. The summed E-state index contributed by atoms with van der Waals surface area (Å²) < 4.78 is 0. The van der Waals surface area contributed by atoms with Gasteiger partial charge in [0, 0.05) is 37.3 Å². The molecule has 0 N–H and O–H groups in total. The van der Waals surface area contributed by atoms with Crippen LogP contribution in [0.4, 0.5) is 11.5 Å². The van der Waals surface area contributed by atoms with E-state index in [4.69, 9.17) is 0 Å². The molecular formula is C14H21N3OS. The Balaban J connectivity index is 2.26. The van der Waals surface area contributed by atoms with Gasteiger partial charge in [-0.1, -0.05) is 6.92 Å². The highest BCUT2D eigenvalue weighted by molar-refractivity contribution is 7.99. The minimum Gasteiger partial charge on any atom is -0.357 e. The van der Waals surface area contributed by atoms with Crippen molar-refractivity contribution in [3.63, 3.8) is 0 Å². The molecule has 2 rings (SSSR count). The Bertz CT molecular complexity index is 433. The summed E-state index contributed by atoms with van der Waals surface area (Å²) in [6, 6.07) is 2.04. The highest BCUT2D eigenvalue weighted by Gasteiger charge is 2.16. The number of carbonyl (C=O) groups excluding carboxylic acids is 1. The molecule has 19 heavy (non-hydrogen) atoms. The van der Waals surface area contributed by atoms with E-state index < -0.39 is 0 Å². The topological polar surface area (TPSA) is 36.4 Å². The molecule has 0 bridgehead atoms. The Kier molecular flexibility index (Phi) is 5.07. The van der Waals surface area contributed by atoms with Crippen LogP contribution in [-0.4, -0.2) is 37.3 Å². The fraction of sp³-hybridized carbons (Fsp3) is 0.571. The first-order chi connectivity index (χ1) is 9.26. The van der Waals surface area contributed by atoms with Gasteiger partial charge in [-0.25, -0.2) is 4.98 Å². The maximum absolute atomic E-state index is 11.0. The molecule has 5 heteroatoms. The maximum atomic E-state index is 11.0. The van der Waals surface area contributed by atoms with Crippen molar-refractivity contribution in [1.29, 1.82) is 0 Å². The van der Waals surface area contributed by atoms with Gasteiger partial charge < -0.3 is 9.80 Å². The summed E-state index contributed by atoms with van der Waals surface area (Å²) in [7, 11) is 1.80. The van der Waals surface area contributed by atoms with Crippen LogP contribution >= 0.6 is 11.8 Å². The minimum absolute atomic E-state index is 0.860. The van der Waals surface area contributed by atoms with Gasteiger partial charge in [0.05, 0.1) is 5.69 Å². The second-order valence-corrected chi connectivity index (χ2v) is 5.91. The Hall–Kier alpha value is -1.23. The van der Waals surface area contributed by atoms with Gasteiger partial charge >= 0.3 is 0 Å². The molecule has 0 radical (unpaired) electrons. The molecule has 1 amide bonds. The van der Waals surface area contributed by atoms with Gasteiger partial charge in [-0.2, -0.15) is 0 Å². The molecule has 0 aromatic carbocycles. The number of thioether (sulfide) groups is 1. The van der Waals surface area contributed by atoms with Crippen LogP contribution in [0.25, 0.3) is 0 Å². The van der Waals surface area contributed by atoms with Gasteiger partial charge in [-0.15, -0.1) is 11.8 Å². The smallest absolute Gasteiger partial charge is 0.213 e. The van der Waals surface area contributed by atoms with E-state index in [2.05, 4.69) is 16.8 Å². The van der Waals surface area contributed by atoms with E-state index in [9.17, 15) is 4.79 Å². The highest BCUT2D eigenvalue weighted by Crippen LogP contribution is 2.32. The zero-order valence-corrected chi connectivity index (χ0v) is 12.4. The maximum Gasteiger partial charge on any atom is 0.213 e. The van der Waals surface area contributed by atoms with Crippen molar-refractivity contribution >= 4 is 29.7 Å². The van der Waals surface area contributed by atoms with Crippen molar-refractivity contribution in [3.05, 3.63) is 12.3 Å². The summed E-state index contributed by atoms with van der Waals surface area (Å²) in [5.74, 6) is 2.03. The number of nitrogens with zero attached hydrogens (tertiary/aromatic N) is 3. The first kappa shape index (κ1) is 14.2. The third kappa shape index (κ3) is 3.41. The molecule has 1 saturated heterocycles. The number of anilines is 2. The van der Waals surface area contributed by atoms with Crippen LogP contribution < -0.4 is 9.80 Å². The van der Waals surface area contributed by atoms with Gasteiger partial charge in [0.1, 0.15) is 5.82 Å². The summed E-state index contributed by atoms with van der Waals surface area (Å²) >= 11 is 1.76. The lowest BCUT2D eigenvalue weighted by Crippen LogP contribution is -2.21. The third-order valence-electron chi connectivity index (χ3n) is 3.26. The highest BCUT2D eigenvalue weighted by atomic mass is 32.2. The zero-order valence-electron chi connectivity index (χ0n) is 11.6. The van der Waals surface area contributed by atoms with Gasteiger partial charge in [0.15, 0.2) is 0 Å². The van der Waals surface area contributed by atoms with Gasteiger partial charge in [0.25, 0.3) is 0 Å². The van der Waals surface area contributed by atoms with E-state index in [0.717, 1.165) is 48.1 Å². The molecule has 0 atom stereocenters. The van der Waals surface area contributed by atoms with Crippen LogP contribution in [0, 0.1) is 0 Å². The fourth-order valence-electron chi connectivity index (χ4n) is 2.20. The number of pyridine rings is 1. The van der Waals surface area contributed by atoms with Crippen molar-refractivity contribution in [2.24, 2.45) is 0 Å². The predicted molar refractivity (Wildman–Crippen MR) is 81.2 cm³/mol. The van der Waals surface area contributed by atoms with E-state index >= 15 is 0 Å². The van der Waals surface area contributed by atoms with Gasteiger partial charge in [-0.3, -0.25) is 4.79 Å². The predicted octanol–water partition coefficient (Wildman–Crippen LogP) is 2.78. The van der Waals surface area contributed by atoms with Crippen molar-refractivity contribution < 1.29 is 4.79 Å². The van der Waals surface area contributed by atoms with Crippen LogP contribution in [0.1, 0.15) is 26.2 Å². The molecular weight excluding hydrogens is 258 g/mol. The zero-order chi connectivity index (χ0) is 13.7. The van der Waals surface area contributed by atoms with E-state index in [1.807, 2.05) is 12.3 Å². The van der Waals surface area contributed by atoms with Crippen LogP contribution in [-0.2, 0) is 4.79 Å². The minimum atomic E-state index is 0.860. The lowest BCUT2D eigenvalue weighted by atomic mass is 10.3. The first-order valence-electron chi connectivity index (χ1n) is 6.82. The molecule has 0 unspecified atom stereocenters. The van der Waals surface area contributed by atoms with Gasteiger partial charge in [-0.05, 0) is 25.0 Å². The molecule has 1 aromatic rings. The van der Waals surface area contributed by atoms with Crippen LogP contribution in [0.3, 0.4) is 0 Å². The summed E-state index contributed by atoms with van der Waals surface area (Å²) in [6.45, 7) is 4.29. The lowest BCUT2D eigenvalue weighted by Gasteiger charge is -2.21. The van der Waals surface area contributed by atoms with Crippen molar-refractivity contribution in [2.75, 3.05) is 35.7 Å². The second kappa shape index (κ2) is 6.80. The van der Waals surface area contributed by atoms with E-state index in [-0.39, 0.29) is 0 Å². The normalized spacial score (nSPS) is 14.7. The summed E-state index contributed by atoms with van der Waals surface area (Å²) in [5, 5.41) is 0. The number of hydrogen-bond acceptors (Lipinski definition) is 4. The van der Waals surface area contributed by atoms with Gasteiger partial charge in [0.2, 0.25) is 6.41 Å². The molecule has 0 saturated carbocycles. The number of aromatic nitrogens is 1. The van der Waals surface area contributed by atoms with E-state index in [1.54, 1.807) is 23.7 Å². The standard InChI is InChI=1S/C14H21N3OS/c1-3-8-19-13-10-15-14(17-6-4-5-7-17)9-12(13)16(2)11-18/h9-11H,3-8H2,1-2H3.